The first kappa shape index (κ1) is 11.5. The predicted molar refractivity (Wildman–Crippen MR) is 63.0 cm³/mol. The number of pyridine rings is 1. The van der Waals surface area contributed by atoms with Crippen molar-refractivity contribution in [1.29, 1.82) is 0 Å². The summed E-state index contributed by atoms with van der Waals surface area (Å²) in [6.45, 7) is 2.36. The lowest BCUT2D eigenvalue weighted by atomic mass is 10.3. The molecule has 1 aromatic heterocycles. The zero-order valence-corrected chi connectivity index (χ0v) is 10.2. The zero-order valence-electron chi connectivity index (χ0n) is 7.84. The van der Waals surface area contributed by atoms with Gasteiger partial charge < -0.3 is 4.57 Å². The highest BCUT2D eigenvalue weighted by Gasteiger charge is 1.99. The van der Waals surface area contributed by atoms with Crippen molar-refractivity contribution in [3.8, 4) is 0 Å². The molecule has 0 aliphatic rings. The Kier molecular flexibility index (Phi) is 4.42. The van der Waals surface area contributed by atoms with Crippen molar-refractivity contribution in [2.45, 2.75) is 13.5 Å². The van der Waals surface area contributed by atoms with Crippen molar-refractivity contribution >= 4 is 27.5 Å². The lowest BCUT2D eigenvalue weighted by Gasteiger charge is -2.04. The van der Waals surface area contributed by atoms with Crippen molar-refractivity contribution in [3.05, 3.63) is 44.8 Å². The molecule has 1 aromatic rings. The van der Waals surface area contributed by atoms with Gasteiger partial charge in [0.05, 0.1) is 0 Å². The molecule has 0 spiro atoms. The molecule has 4 heteroatoms. The molecule has 0 saturated heterocycles. The molecule has 0 aliphatic carbocycles. The van der Waals surface area contributed by atoms with Gasteiger partial charge in [-0.1, -0.05) is 12.2 Å². The fourth-order valence-electron chi connectivity index (χ4n) is 1.13. The third-order valence-electron chi connectivity index (χ3n) is 1.79. The van der Waals surface area contributed by atoms with E-state index in [4.69, 9.17) is 11.6 Å². The fourth-order valence-corrected chi connectivity index (χ4v) is 1.84. The molecule has 14 heavy (non-hydrogen) atoms. The number of nitrogens with zero attached hydrogens (tertiary/aromatic N) is 1. The molecule has 0 atom stereocenters. The summed E-state index contributed by atoms with van der Waals surface area (Å²) in [5.74, 6) is 0.474. The second-order valence-electron chi connectivity index (χ2n) is 2.92. The van der Waals surface area contributed by atoms with Crippen LogP contribution in [0, 0.1) is 6.92 Å². The van der Waals surface area contributed by atoms with Crippen LogP contribution in [0.25, 0.3) is 0 Å². The summed E-state index contributed by atoms with van der Waals surface area (Å²) in [6, 6.07) is 1.81. The molecule has 76 valence electrons. The smallest absolute Gasteiger partial charge is 0.253 e. The molecule has 1 heterocycles. The highest BCUT2D eigenvalue weighted by atomic mass is 79.9. The largest absolute Gasteiger partial charge is 0.310 e. The monoisotopic (exact) mass is 275 g/mol. The van der Waals surface area contributed by atoms with E-state index in [9.17, 15) is 4.79 Å². The second-order valence-corrected chi connectivity index (χ2v) is 4.15. The molecule has 0 radical (unpaired) electrons. The quantitative estimate of drug-likeness (QED) is 0.614. The minimum absolute atomic E-state index is 0.0347. The molecule has 0 N–H and O–H groups in total. The number of halogens is 2. The van der Waals surface area contributed by atoms with E-state index in [1.54, 1.807) is 17.7 Å². The summed E-state index contributed by atoms with van der Waals surface area (Å²) in [4.78, 5) is 11.6. The summed E-state index contributed by atoms with van der Waals surface area (Å²) in [5, 5.41) is 0. The maximum absolute atomic E-state index is 11.6. The number of hydrogen-bond donors (Lipinski definition) is 0. The van der Waals surface area contributed by atoms with Gasteiger partial charge in [0.25, 0.3) is 5.56 Å². The summed E-state index contributed by atoms with van der Waals surface area (Å²) in [5.41, 5.74) is 0.770. The Hall–Kier alpha value is -0.540. The normalized spacial score (nSPS) is 11.1. The van der Waals surface area contributed by atoms with E-state index in [2.05, 4.69) is 15.9 Å². The minimum Gasteiger partial charge on any atom is -0.310 e. The predicted octanol–water partition coefficient (Wildman–Crippen LogP) is 2.71. The van der Waals surface area contributed by atoms with E-state index in [-0.39, 0.29) is 5.56 Å². The van der Waals surface area contributed by atoms with E-state index in [0.29, 0.717) is 12.4 Å². The van der Waals surface area contributed by atoms with Crippen LogP contribution >= 0.6 is 27.5 Å². The highest BCUT2D eigenvalue weighted by molar-refractivity contribution is 9.10. The van der Waals surface area contributed by atoms with Crippen LogP contribution in [-0.2, 0) is 6.54 Å². The van der Waals surface area contributed by atoms with Gasteiger partial charge in [0.2, 0.25) is 0 Å². The molecular formula is C10H11BrClNO. The summed E-state index contributed by atoms with van der Waals surface area (Å²) in [7, 11) is 0. The molecular weight excluding hydrogens is 265 g/mol. The summed E-state index contributed by atoms with van der Waals surface area (Å²) >= 11 is 8.83. The number of aryl methyl sites for hydroxylation is 1. The van der Waals surface area contributed by atoms with Crippen molar-refractivity contribution in [2.24, 2.45) is 0 Å². The van der Waals surface area contributed by atoms with Crippen LogP contribution in [0.1, 0.15) is 5.56 Å². The Morgan fingerprint density at radius 2 is 2.29 bits per heavy atom. The van der Waals surface area contributed by atoms with Crippen molar-refractivity contribution in [3.63, 3.8) is 0 Å². The number of rotatable bonds is 3. The second kappa shape index (κ2) is 5.37. The first-order valence-corrected chi connectivity index (χ1v) is 5.55. The van der Waals surface area contributed by atoms with E-state index in [0.717, 1.165) is 10.0 Å². The Labute approximate surface area is 96.3 Å². The van der Waals surface area contributed by atoms with E-state index in [1.807, 2.05) is 18.2 Å². The third kappa shape index (κ3) is 3.00. The Morgan fingerprint density at radius 3 is 2.93 bits per heavy atom. The number of allylic oxidation sites excluding steroid dienone is 2. The molecule has 0 amide bonds. The van der Waals surface area contributed by atoms with Gasteiger partial charge in [-0.2, -0.15) is 0 Å². The lowest BCUT2D eigenvalue weighted by Crippen LogP contribution is -2.20. The molecule has 2 nitrogen and oxygen atoms in total. The van der Waals surface area contributed by atoms with Crippen LogP contribution in [0.15, 0.2) is 33.7 Å². The standard InChI is InChI=1S/C10H11BrClNO/c1-8-6-9(11)7-13(10(8)14)5-3-2-4-12/h2-3,6-7H,4-5H2,1H3/b3-2+. The summed E-state index contributed by atoms with van der Waals surface area (Å²) < 4.78 is 2.55. The van der Waals surface area contributed by atoms with Gasteiger partial charge >= 0.3 is 0 Å². The molecule has 1 rings (SSSR count). The van der Waals surface area contributed by atoms with E-state index < -0.39 is 0 Å². The zero-order chi connectivity index (χ0) is 10.6. The van der Waals surface area contributed by atoms with Crippen LogP contribution in [-0.4, -0.2) is 10.4 Å². The molecule has 0 unspecified atom stereocenters. The van der Waals surface area contributed by atoms with Gasteiger partial charge in [0.15, 0.2) is 0 Å². The van der Waals surface area contributed by atoms with Gasteiger partial charge in [0, 0.05) is 28.7 Å². The van der Waals surface area contributed by atoms with Gasteiger partial charge in [-0.25, -0.2) is 0 Å². The van der Waals surface area contributed by atoms with Crippen LogP contribution < -0.4 is 5.56 Å². The van der Waals surface area contributed by atoms with Gasteiger partial charge in [-0.3, -0.25) is 4.79 Å². The highest BCUT2D eigenvalue weighted by Crippen LogP contribution is 2.07. The Morgan fingerprint density at radius 1 is 1.57 bits per heavy atom. The average molecular weight is 277 g/mol. The fraction of sp³-hybridized carbons (Fsp3) is 0.300. The van der Waals surface area contributed by atoms with Gasteiger partial charge in [0.1, 0.15) is 0 Å². The van der Waals surface area contributed by atoms with Crippen LogP contribution in [0.5, 0.6) is 0 Å². The van der Waals surface area contributed by atoms with E-state index in [1.165, 1.54) is 0 Å². The average Bonchev–Trinajstić information content (AvgIpc) is 2.13. The number of aromatic nitrogens is 1. The molecule has 0 aliphatic heterocycles. The van der Waals surface area contributed by atoms with Gasteiger partial charge in [-0.05, 0) is 28.9 Å². The first-order chi connectivity index (χ1) is 6.65. The van der Waals surface area contributed by atoms with Crippen LogP contribution in [0.3, 0.4) is 0 Å². The maximum atomic E-state index is 11.6. The molecule has 0 saturated carbocycles. The van der Waals surface area contributed by atoms with Gasteiger partial charge in [-0.15, -0.1) is 11.6 Å². The molecule has 0 fully saturated rings. The van der Waals surface area contributed by atoms with Crippen LogP contribution in [0.4, 0.5) is 0 Å². The summed E-state index contributed by atoms with van der Waals surface area (Å²) in [6.07, 6.45) is 5.47. The number of alkyl halides is 1. The van der Waals surface area contributed by atoms with Crippen molar-refractivity contribution in [2.75, 3.05) is 5.88 Å². The Balaban J connectivity index is 2.97. The lowest BCUT2D eigenvalue weighted by molar-refractivity contribution is 0.767. The SMILES string of the molecule is Cc1cc(Br)cn(C/C=C/CCl)c1=O. The third-order valence-corrected chi connectivity index (χ3v) is 2.40. The first-order valence-electron chi connectivity index (χ1n) is 4.22. The maximum Gasteiger partial charge on any atom is 0.253 e. The van der Waals surface area contributed by atoms with Crippen molar-refractivity contribution in [1.82, 2.24) is 4.57 Å². The number of hydrogen-bond acceptors (Lipinski definition) is 1. The van der Waals surface area contributed by atoms with Crippen LogP contribution in [0.2, 0.25) is 0 Å². The van der Waals surface area contributed by atoms with Crippen molar-refractivity contribution < 1.29 is 0 Å². The topological polar surface area (TPSA) is 22.0 Å². The van der Waals surface area contributed by atoms with E-state index >= 15 is 0 Å². The Bertz CT molecular complexity index is 398. The minimum atomic E-state index is 0.0347. The molecule has 0 bridgehead atoms. The molecule has 0 aromatic carbocycles.